The molecule has 1 amide bonds. The zero-order valence-electron chi connectivity index (χ0n) is 11.9. The standard InChI is InChI=1S/C14H19N3O4/c1-15-9-10-8-12(17(19)20)4-5-13(10)21-7-6-14(18)16-11-2-3-11/h4-5,8,11,15H,2-3,6-7,9H2,1H3,(H,16,18). The minimum absolute atomic E-state index is 0.0189. The predicted molar refractivity (Wildman–Crippen MR) is 77.1 cm³/mol. The van der Waals surface area contributed by atoms with Gasteiger partial charge in [-0.1, -0.05) is 0 Å². The fourth-order valence-corrected chi connectivity index (χ4v) is 1.93. The summed E-state index contributed by atoms with van der Waals surface area (Å²) in [6, 6.07) is 4.80. The third-order valence-electron chi connectivity index (χ3n) is 3.15. The van der Waals surface area contributed by atoms with E-state index in [-0.39, 0.29) is 24.6 Å². The number of amides is 1. The molecular weight excluding hydrogens is 274 g/mol. The van der Waals surface area contributed by atoms with Gasteiger partial charge in [-0.2, -0.15) is 0 Å². The van der Waals surface area contributed by atoms with Crippen molar-refractivity contribution in [3.8, 4) is 5.75 Å². The van der Waals surface area contributed by atoms with Crippen molar-refractivity contribution < 1.29 is 14.5 Å². The van der Waals surface area contributed by atoms with Gasteiger partial charge in [-0.05, 0) is 26.0 Å². The van der Waals surface area contributed by atoms with Crippen LogP contribution in [-0.2, 0) is 11.3 Å². The molecule has 1 saturated carbocycles. The van der Waals surface area contributed by atoms with E-state index < -0.39 is 4.92 Å². The largest absolute Gasteiger partial charge is 0.493 e. The SMILES string of the molecule is CNCc1cc([N+](=O)[O-])ccc1OCCC(=O)NC1CC1. The number of benzene rings is 1. The molecular formula is C14H19N3O4. The molecule has 1 aromatic carbocycles. The summed E-state index contributed by atoms with van der Waals surface area (Å²) in [6.07, 6.45) is 2.40. The molecule has 2 N–H and O–H groups in total. The fourth-order valence-electron chi connectivity index (χ4n) is 1.93. The number of hydrogen-bond acceptors (Lipinski definition) is 5. The van der Waals surface area contributed by atoms with E-state index in [1.54, 1.807) is 13.1 Å². The summed E-state index contributed by atoms with van der Waals surface area (Å²) in [7, 11) is 1.76. The van der Waals surface area contributed by atoms with Gasteiger partial charge in [-0.3, -0.25) is 14.9 Å². The molecule has 0 aliphatic heterocycles. The first-order valence-corrected chi connectivity index (χ1v) is 6.94. The Bertz CT molecular complexity index is 529. The minimum atomic E-state index is -0.438. The zero-order valence-corrected chi connectivity index (χ0v) is 11.9. The zero-order chi connectivity index (χ0) is 15.2. The lowest BCUT2D eigenvalue weighted by Gasteiger charge is -2.11. The third kappa shape index (κ3) is 4.71. The van der Waals surface area contributed by atoms with Crippen LogP contribution in [0.25, 0.3) is 0 Å². The first-order chi connectivity index (χ1) is 10.1. The van der Waals surface area contributed by atoms with Crippen molar-refractivity contribution in [3.63, 3.8) is 0 Å². The molecule has 0 unspecified atom stereocenters. The molecule has 0 bridgehead atoms. The minimum Gasteiger partial charge on any atom is -0.493 e. The van der Waals surface area contributed by atoms with Crippen LogP contribution < -0.4 is 15.4 Å². The van der Waals surface area contributed by atoms with Crippen LogP contribution in [-0.4, -0.2) is 30.5 Å². The van der Waals surface area contributed by atoms with E-state index >= 15 is 0 Å². The number of nitrogens with zero attached hydrogens (tertiary/aromatic N) is 1. The maximum atomic E-state index is 11.5. The van der Waals surface area contributed by atoms with Crippen LogP contribution in [0.2, 0.25) is 0 Å². The van der Waals surface area contributed by atoms with Gasteiger partial charge >= 0.3 is 0 Å². The van der Waals surface area contributed by atoms with E-state index in [4.69, 9.17) is 4.74 Å². The Morgan fingerprint density at radius 3 is 2.86 bits per heavy atom. The molecule has 7 nitrogen and oxygen atoms in total. The van der Waals surface area contributed by atoms with Crippen molar-refractivity contribution in [2.75, 3.05) is 13.7 Å². The normalized spacial score (nSPS) is 13.8. The smallest absolute Gasteiger partial charge is 0.270 e. The molecule has 1 aromatic rings. The van der Waals surface area contributed by atoms with Gasteiger partial charge in [0.05, 0.1) is 18.0 Å². The molecule has 0 radical (unpaired) electrons. The lowest BCUT2D eigenvalue weighted by Crippen LogP contribution is -2.26. The van der Waals surface area contributed by atoms with Crippen LogP contribution in [0.15, 0.2) is 18.2 Å². The second-order valence-corrected chi connectivity index (χ2v) is 5.02. The van der Waals surface area contributed by atoms with Gasteiger partial charge in [0.15, 0.2) is 0 Å². The summed E-state index contributed by atoms with van der Waals surface area (Å²) in [6.45, 7) is 0.721. The molecule has 1 aliphatic rings. The van der Waals surface area contributed by atoms with E-state index in [9.17, 15) is 14.9 Å². The lowest BCUT2D eigenvalue weighted by molar-refractivity contribution is -0.384. The first-order valence-electron chi connectivity index (χ1n) is 6.94. The Labute approximate surface area is 122 Å². The number of ether oxygens (including phenoxy) is 1. The number of nitro benzene ring substituents is 1. The van der Waals surface area contributed by atoms with Gasteiger partial charge in [0.2, 0.25) is 5.91 Å². The topological polar surface area (TPSA) is 93.5 Å². The van der Waals surface area contributed by atoms with Gasteiger partial charge in [0.25, 0.3) is 5.69 Å². The van der Waals surface area contributed by atoms with Crippen LogP contribution in [0.5, 0.6) is 5.75 Å². The van der Waals surface area contributed by atoms with E-state index in [0.717, 1.165) is 12.8 Å². The van der Waals surface area contributed by atoms with Gasteiger partial charge in [0.1, 0.15) is 5.75 Å². The number of nitrogens with one attached hydrogen (secondary N) is 2. The lowest BCUT2D eigenvalue weighted by atomic mass is 10.1. The maximum absolute atomic E-state index is 11.5. The number of hydrogen-bond donors (Lipinski definition) is 2. The van der Waals surface area contributed by atoms with E-state index in [1.807, 2.05) is 0 Å². The average Bonchev–Trinajstić information content (AvgIpc) is 3.24. The van der Waals surface area contributed by atoms with Crippen LogP contribution in [0.4, 0.5) is 5.69 Å². The molecule has 0 saturated heterocycles. The molecule has 7 heteroatoms. The van der Waals surface area contributed by atoms with Crippen LogP contribution >= 0.6 is 0 Å². The predicted octanol–water partition coefficient (Wildman–Crippen LogP) is 1.36. The fraction of sp³-hybridized carbons (Fsp3) is 0.500. The monoisotopic (exact) mass is 293 g/mol. The number of carbonyl (C=O) groups excluding carboxylic acids is 1. The number of carbonyl (C=O) groups is 1. The molecule has 2 rings (SSSR count). The van der Waals surface area contributed by atoms with Gasteiger partial charge in [-0.15, -0.1) is 0 Å². The van der Waals surface area contributed by atoms with E-state index in [2.05, 4.69) is 10.6 Å². The summed E-state index contributed by atoms with van der Waals surface area (Å²) in [4.78, 5) is 21.9. The highest BCUT2D eigenvalue weighted by Crippen LogP contribution is 2.24. The maximum Gasteiger partial charge on any atom is 0.270 e. The second kappa shape index (κ2) is 7.03. The molecule has 0 aromatic heterocycles. The van der Waals surface area contributed by atoms with Crippen molar-refractivity contribution in [2.45, 2.75) is 31.8 Å². The van der Waals surface area contributed by atoms with Gasteiger partial charge in [-0.25, -0.2) is 0 Å². The van der Waals surface area contributed by atoms with Gasteiger partial charge in [0, 0.05) is 30.3 Å². The average molecular weight is 293 g/mol. The van der Waals surface area contributed by atoms with Crippen molar-refractivity contribution in [2.24, 2.45) is 0 Å². The van der Waals surface area contributed by atoms with E-state index in [0.29, 0.717) is 23.9 Å². The summed E-state index contributed by atoms with van der Waals surface area (Å²) in [5.74, 6) is 0.545. The Kier molecular flexibility index (Phi) is 5.10. The van der Waals surface area contributed by atoms with Crippen LogP contribution in [0, 0.1) is 10.1 Å². The third-order valence-corrected chi connectivity index (χ3v) is 3.15. The molecule has 0 heterocycles. The number of nitro groups is 1. The first kappa shape index (κ1) is 15.2. The quantitative estimate of drug-likeness (QED) is 0.557. The summed E-state index contributed by atoms with van der Waals surface area (Å²) < 4.78 is 5.57. The number of rotatable bonds is 8. The highest BCUT2D eigenvalue weighted by molar-refractivity contribution is 5.76. The Morgan fingerprint density at radius 2 is 2.24 bits per heavy atom. The van der Waals surface area contributed by atoms with Crippen molar-refractivity contribution in [1.29, 1.82) is 0 Å². The Morgan fingerprint density at radius 1 is 1.48 bits per heavy atom. The Hall–Kier alpha value is -2.15. The molecule has 114 valence electrons. The van der Waals surface area contributed by atoms with Crippen molar-refractivity contribution >= 4 is 11.6 Å². The van der Waals surface area contributed by atoms with E-state index in [1.165, 1.54) is 12.1 Å². The molecule has 0 atom stereocenters. The molecule has 1 aliphatic carbocycles. The molecule has 1 fully saturated rings. The van der Waals surface area contributed by atoms with Crippen LogP contribution in [0.3, 0.4) is 0 Å². The molecule has 21 heavy (non-hydrogen) atoms. The highest BCUT2D eigenvalue weighted by atomic mass is 16.6. The van der Waals surface area contributed by atoms with Gasteiger partial charge < -0.3 is 15.4 Å². The highest BCUT2D eigenvalue weighted by Gasteiger charge is 2.23. The summed E-state index contributed by atoms with van der Waals surface area (Å²) in [5.41, 5.74) is 0.730. The van der Waals surface area contributed by atoms with Crippen molar-refractivity contribution in [1.82, 2.24) is 10.6 Å². The second-order valence-electron chi connectivity index (χ2n) is 5.02. The van der Waals surface area contributed by atoms with Crippen molar-refractivity contribution in [3.05, 3.63) is 33.9 Å². The Balaban J connectivity index is 1.91. The summed E-state index contributed by atoms with van der Waals surface area (Å²) in [5, 5.41) is 16.6. The summed E-state index contributed by atoms with van der Waals surface area (Å²) >= 11 is 0. The number of non-ortho nitro benzene ring substituents is 1. The van der Waals surface area contributed by atoms with Crippen LogP contribution in [0.1, 0.15) is 24.8 Å². The molecule has 0 spiro atoms.